The van der Waals surface area contributed by atoms with Gasteiger partial charge in [-0.3, -0.25) is 9.59 Å². The number of amides is 2. The lowest BCUT2D eigenvalue weighted by Crippen LogP contribution is -2.34. The molecule has 1 saturated carbocycles. The van der Waals surface area contributed by atoms with Crippen molar-refractivity contribution in [2.75, 3.05) is 19.7 Å². The SMILES string of the molecule is N#CCOc1ccc(/C=C/C(=O)NCCNC(=O)C2CC2)cc1. The monoisotopic (exact) mass is 313 g/mol. The molecule has 1 aliphatic rings. The molecule has 0 heterocycles. The highest BCUT2D eigenvalue weighted by molar-refractivity contribution is 5.91. The van der Waals surface area contributed by atoms with Crippen LogP contribution in [0.25, 0.3) is 6.08 Å². The van der Waals surface area contributed by atoms with Crippen LogP contribution in [0.4, 0.5) is 0 Å². The first-order chi connectivity index (χ1) is 11.2. The van der Waals surface area contributed by atoms with E-state index >= 15 is 0 Å². The van der Waals surface area contributed by atoms with E-state index in [-0.39, 0.29) is 24.3 Å². The molecule has 0 aliphatic heterocycles. The number of hydrogen-bond acceptors (Lipinski definition) is 4. The second-order valence-corrected chi connectivity index (χ2v) is 5.21. The summed E-state index contributed by atoms with van der Waals surface area (Å²) >= 11 is 0. The molecule has 6 heteroatoms. The van der Waals surface area contributed by atoms with Crippen LogP contribution in [0, 0.1) is 17.2 Å². The molecule has 0 radical (unpaired) electrons. The van der Waals surface area contributed by atoms with Crippen LogP contribution in [-0.4, -0.2) is 31.5 Å². The van der Waals surface area contributed by atoms with Gasteiger partial charge in [-0.05, 0) is 36.6 Å². The normalized spacial score (nSPS) is 13.3. The Balaban J connectivity index is 1.66. The third kappa shape index (κ3) is 6.22. The molecule has 1 aliphatic carbocycles. The average Bonchev–Trinajstić information content (AvgIpc) is 3.40. The van der Waals surface area contributed by atoms with Crippen LogP contribution in [0.3, 0.4) is 0 Å². The summed E-state index contributed by atoms with van der Waals surface area (Å²) in [6.07, 6.45) is 5.07. The van der Waals surface area contributed by atoms with Crippen molar-refractivity contribution >= 4 is 17.9 Å². The fourth-order valence-corrected chi connectivity index (χ4v) is 1.88. The summed E-state index contributed by atoms with van der Waals surface area (Å²) in [7, 11) is 0. The van der Waals surface area contributed by atoms with E-state index in [1.807, 2.05) is 6.07 Å². The van der Waals surface area contributed by atoms with E-state index in [1.54, 1.807) is 30.3 Å². The Bertz CT molecular complexity index is 613. The highest BCUT2D eigenvalue weighted by Gasteiger charge is 2.28. The molecule has 2 rings (SSSR count). The Morgan fingerprint density at radius 1 is 1.22 bits per heavy atom. The zero-order valence-corrected chi connectivity index (χ0v) is 12.7. The number of hydrogen-bond donors (Lipinski definition) is 2. The number of ether oxygens (including phenoxy) is 1. The first-order valence-corrected chi connectivity index (χ1v) is 7.52. The summed E-state index contributed by atoms with van der Waals surface area (Å²) in [6, 6.07) is 8.97. The third-order valence-corrected chi connectivity index (χ3v) is 3.28. The van der Waals surface area contributed by atoms with Gasteiger partial charge in [-0.1, -0.05) is 12.1 Å². The van der Waals surface area contributed by atoms with E-state index in [9.17, 15) is 9.59 Å². The first kappa shape index (κ1) is 16.6. The van der Waals surface area contributed by atoms with Gasteiger partial charge in [0, 0.05) is 25.1 Å². The van der Waals surface area contributed by atoms with Gasteiger partial charge in [0.05, 0.1) is 0 Å². The first-order valence-electron chi connectivity index (χ1n) is 7.52. The smallest absolute Gasteiger partial charge is 0.244 e. The summed E-state index contributed by atoms with van der Waals surface area (Å²) in [4.78, 5) is 23.0. The Labute approximate surface area is 135 Å². The molecule has 1 aromatic carbocycles. The van der Waals surface area contributed by atoms with Crippen LogP contribution < -0.4 is 15.4 Å². The van der Waals surface area contributed by atoms with E-state index in [0.29, 0.717) is 18.8 Å². The Morgan fingerprint density at radius 3 is 2.57 bits per heavy atom. The number of nitrogens with one attached hydrogen (secondary N) is 2. The molecule has 0 aromatic heterocycles. The second-order valence-electron chi connectivity index (χ2n) is 5.21. The number of carbonyl (C=O) groups is 2. The molecule has 0 bridgehead atoms. The molecule has 0 unspecified atom stereocenters. The molecule has 23 heavy (non-hydrogen) atoms. The number of nitriles is 1. The molecule has 1 fully saturated rings. The Morgan fingerprint density at radius 2 is 1.91 bits per heavy atom. The van der Waals surface area contributed by atoms with Gasteiger partial charge in [0.15, 0.2) is 6.61 Å². The lowest BCUT2D eigenvalue weighted by Gasteiger charge is -2.04. The number of carbonyl (C=O) groups excluding carboxylic acids is 2. The van der Waals surface area contributed by atoms with Gasteiger partial charge in [0.1, 0.15) is 11.8 Å². The van der Waals surface area contributed by atoms with Crippen molar-refractivity contribution in [3.8, 4) is 11.8 Å². The maximum absolute atomic E-state index is 11.6. The maximum atomic E-state index is 11.6. The van der Waals surface area contributed by atoms with Gasteiger partial charge in [0.25, 0.3) is 0 Å². The van der Waals surface area contributed by atoms with Crippen molar-refractivity contribution in [2.45, 2.75) is 12.8 Å². The van der Waals surface area contributed by atoms with E-state index in [4.69, 9.17) is 10.00 Å². The summed E-state index contributed by atoms with van der Waals surface area (Å²) < 4.78 is 5.14. The molecule has 0 atom stereocenters. The second kappa shape index (κ2) is 8.59. The molecule has 120 valence electrons. The summed E-state index contributed by atoms with van der Waals surface area (Å²) in [5.74, 6) is 0.661. The summed E-state index contributed by atoms with van der Waals surface area (Å²) in [6.45, 7) is 0.858. The van der Waals surface area contributed by atoms with Crippen molar-refractivity contribution < 1.29 is 14.3 Å². The molecular weight excluding hydrogens is 294 g/mol. The molecule has 0 spiro atoms. The van der Waals surface area contributed by atoms with Crippen LogP contribution in [0.5, 0.6) is 5.75 Å². The van der Waals surface area contributed by atoms with Crippen LogP contribution >= 0.6 is 0 Å². The van der Waals surface area contributed by atoms with Crippen molar-refractivity contribution in [1.29, 1.82) is 5.26 Å². The summed E-state index contributed by atoms with van der Waals surface area (Å²) in [5.41, 5.74) is 0.853. The molecule has 1 aromatic rings. The van der Waals surface area contributed by atoms with Crippen LogP contribution in [0.2, 0.25) is 0 Å². The zero-order chi connectivity index (χ0) is 16.5. The van der Waals surface area contributed by atoms with E-state index in [2.05, 4.69) is 10.6 Å². The number of benzene rings is 1. The minimum absolute atomic E-state index is 0.00881. The fourth-order valence-electron chi connectivity index (χ4n) is 1.88. The topological polar surface area (TPSA) is 91.2 Å². The van der Waals surface area contributed by atoms with Gasteiger partial charge in [0.2, 0.25) is 11.8 Å². The molecule has 0 saturated heterocycles. The standard InChI is InChI=1S/C17H19N3O3/c18-9-12-23-15-6-1-13(2-7-15)3-8-16(21)19-10-11-20-17(22)14-4-5-14/h1-3,6-8,14H,4-5,10-12H2,(H,19,21)(H,20,22)/b8-3+. The Kier molecular flexibility index (Phi) is 6.18. The van der Waals surface area contributed by atoms with E-state index in [0.717, 1.165) is 18.4 Å². The zero-order valence-electron chi connectivity index (χ0n) is 12.7. The highest BCUT2D eigenvalue weighted by atomic mass is 16.5. The van der Waals surface area contributed by atoms with E-state index < -0.39 is 0 Å². The lowest BCUT2D eigenvalue weighted by molar-refractivity contribution is -0.122. The highest BCUT2D eigenvalue weighted by Crippen LogP contribution is 2.28. The van der Waals surface area contributed by atoms with Gasteiger partial charge in [-0.25, -0.2) is 0 Å². The van der Waals surface area contributed by atoms with Gasteiger partial charge < -0.3 is 15.4 Å². The van der Waals surface area contributed by atoms with Crippen LogP contribution in [0.15, 0.2) is 30.3 Å². The van der Waals surface area contributed by atoms with Gasteiger partial charge in [-0.2, -0.15) is 5.26 Å². The number of rotatable bonds is 8. The molecule has 6 nitrogen and oxygen atoms in total. The molecule has 2 N–H and O–H groups in total. The molecule has 2 amide bonds. The quantitative estimate of drug-likeness (QED) is 0.558. The minimum atomic E-state index is -0.213. The third-order valence-electron chi connectivity index (χ3n) is 3.28. The van der Waals surface area contributed by atoms with Crippen molar-refractivity contribution in [2.24, 2.45) is 5.92 Å². The summed E-state index contributed by atoms with van der Waals surface area (Å²) in [5, 5.41) is 13.9. The molecular formula is C17H19N3O3. The fraction of sp³-hybridized carbons (Fsp3) is 0.353. The Hall–Kier alpha value is -2.81. The average molecular weight is 313 g/mol. The van der Waals surface area contributed by atoms with Gasteiger partial charge >= 0.3 is 0 Å². The predicted octanol–water partition coefficient (Wildman–Crippen LogP) is 1.24. The van der Waals surface area contributed by atoms with E-state index in [1.165, 1.54) is 6.08 Å². The predicted molar refractivity (Wildman–Crippen MR) is 85.3 cm³/mol. The van der Waals surface area contributed by atoms with Crippen molar-refractivity contribution in [3.63, 3.8) is 0 Å². The van der Waals surface area contributed by atoms with Crippen molar-refractivity contribution in [3.05, 3.63) is 35.9 Å². The largest absolute Gasteiger partial charge is 0.479 e. The van der Waals surface area contributed by atoms with Crippen molar-refractivity contribution in [1.82, 2.24) is 10.6 Å². The minimum Gasteiger partial charge on any atom is -0.479 e. The lowest BCUT2D eigenvalue weighted by atomic mass is 10.2. The van der Waals surface area contributed by atoms with Crippen LogP contribution in [0.1, 0.15) is 18.4 Å². The van der Waals surface area contributed by atoms with Crippen LogP contribution in [-0.2, 0) is 9.59 Å². The number of nitrogens with zero attached hydrogens (tertiary/aromatic N) is 1. The maximum Gasteiger partial charge on any atom is 0.244 e. The van der Waals surface area contributed by atoms with Gasteiger partial charge in [-0.15, -0.1) is 0 Å².